The van der Waals surface area contributed by atoms with Crippen molar-refractivity contribution in [3.8, 4) is 11.8 Å². The summed E-state index contributed by atoms with van der Waals surface area (Å²) in [5.41, 5.74) is 7.71. The zero-order chi connectivity index (χ0) is 19.3. The van der Waals surface area contributed by atoms with Crippen LogP contribution >= 0.6 is 23.2 Å². The van der Waals surface area contributed by atoms with Crippen molar-refractivity contribution in [3.05, 3.63) is 57.7 Å². The van der Waals surface area contributed by atoms with E-state index < -0.39 is 5.91 Å². The number of rotatable bonds is 5. The Balaban J connectivity index is 2.20. The molecule has 0 atom stereocenters. The summed E-state index contributed by atoms with van der Waals surface area (Å²) < 4.78 is 5.24. The number of nitriles is 1. The Morgan fingerprint density at radius 2 is 2.00 bits per heavy atom. The summed E-state index contributed by atoms with van der Waals surface area (Å²) in [4.78, 5) is 12.3. The molecule has 0 radical (unpaired) electrons. The van der Waals surface area contributed by atoms with Crippen LogP contribution in [0.2, 0.25) is 10.0 Å². The SMILES string of the molecule is COc1cc(Cl)c(C)cc1N/C=C(/C#N)C(=O)Nc1ccc(N)c(Cl)c1. The lowest BCUT2D eigenvalue weighted by atomic mass is 10.2. The number of ether oxygens (including phenoxy) is 1. The second-order valence-corrected chi connectivity index (χ2v) is 6.12. The molecule has 0 aliphatic rings. The zero-order valence-electron chi connectivity index (χ0n) is 14.1. The van der Waals surface area contributed by atoms with Crippen LogP contribution in [0.3, 0.4) is 0 Å². The number of carbonyl (C=O) groups is 1. The lowest BCUT2D eigenvalue weighted by Crippen LogP contribution is -2.14. The molecule has 26 heavy (non-hydrogen) atoms. The first kappa shape index (κ1) is 19.4. The molecule has 2 aromatic rings. The number of carbonyl (C=O) groups excluding carboxylic acids is 1. The van der Waals surface area contributed by atoms with Gasteiger partial charge in [0.1, 0.15) is 17.4 Å². The van der Waals surface area contributed by atoms with Crippen LogP contribution in [-0.4, -0.2) is 13.0 Å². The fraction of sp³-hybridized carbons (Fsp3) is 0.111. The van der Waals surface area contributed by atoms with Crippen LogP contribution in [-0.2, 0) is 4.79 Å². The normalized spacial score (nSPS) is 10.8. The fourth-order valence-electron chi connectivity index (χ4n) is 2.05. The third kappa shape index (κ3) is 4.60. The molecule has 0 unspecified atom stereocenters. The maximum absolute atomic E-state index is 12.3. The lowest BCUT2D eigenvalue weighted by Gasteiger charge is -2.11. The van der Waals surface area contributed by atoms with Crippen molar-refractivity contribution in [3.63, 3.8) is 0 Å². The predicted molar refractivity (Wildman–Crippen MR) is 105 cm³/mol. The number of aryl methyl sites for hydroxylation is 1. The molecule has 0 aliphatic heterocycles. The molecule has 0 saturated carbocycles. The van der Waals surface area contributed by atoms with Crippen molar-refractivity contribution >= 4 is 46.2 Å². The van der Waals surface area contributed by atoms with E-state index in [1.165, 1.54) is 19.4 Å². The Kier molecular flexibility index (Phi) is 6.34. The van der Waals surface area contributed by atoms with E-state index in [-0.39, 0.29) is 5.57 Å². The van der Waals surface area contributed by atoms with Crippen LogP contribution in [0.25, 0.3) is 0 Å². The maximum atomic E-state index is 12.3. The molecule has 0 fully saturated rings. The van der Waals surface area contributed by atoms with E-state index in [1.54, 1.807) is 24.3 Å². The summed E-state index contributed by atoms with van der Waals surface area (Å²) in [5.74, 6) is -0.106. The van der Waals surface area contributed by atoms with Crippen LogP contribution < -0.4 is 21.1 Å². The smallest absolute Gasteiger partial charge is 0.267 e. The van der Waals surface area contributed by atoms with Gasteiger partial charge >= 0.3 is 0 Å². The third-order valence-corrected chi connectivity index (χ3v) is 4.21. The molecule has 134 valence electrons. The van der Waals surface area contributed by atoms with Gasteiger partial charge in [-0.25, -0.2) is 0 Å². The van der Waals surface area contributed by atoms with Gasteiger partial charge < -0.3 is 21.1 Å². The number of amides is 1. The minimum absolute atomic E-state index is 0.132. The predicted octanol–water partition coefficient (Wildman–Crippen LogP) is 4.35. The van der Waals surface area contributed by atoms with E-state index in [4.69, 9.17) is 33.7 Å². The number of halogens is 2. The van der Waals surface area contributed by atoms with Crippen molar-refractivity contribution < 1.29 is 9.53 Å². The van der Waals surface area contributed by atoms with Crippen LogP contribution in [0, 0.1) is 18.3 Å². The summed E-state index contributed by atoms with van der Waals surface area (Å²) in [5, 5.41) is 15.6. The van der Waals surface area contributed by atoms with E-state index in [0.717, 1.165) is 5.56 Å². The average Bonchev–Trinajstić information content (AvgIpc) is 2.61. The van der Waals surface area contributed by atoms with Gasteiger partial charge in [-0.15, -0.1) is 0 Å². The molecule has 0 aliphatic carbocycles. The van der Waals surface area contributed by atoms with E-state index in [2.05, 4.69) is 10.6 Å². The van der Waals surface area contributed by atoms with Gasteiger partial charge in [0.05, 0.1) is 23.5 Å². The number of hydrogen-bond donors (Lipinski definition) is 3. The van der Waals surface area contributed by atoms with Gasteiger partial charge in [0, 0.05) is 23.0 Å². The van der Waals surface area contributed by atoms with Gasteiger partial charge in [-0.05, 0) is 36.8 Å². The Bertz CT molecular complexity index is 920. The minimum Gasteiger partial charge on any atom is -0.495 e. The van der Waals surface area contributed by atoms with Crippen molar-refractivity contribution in [2.24, 2.45) is 0 Å². The minimum atomic E-state index is -0.592. The Morgan fingerprint density at radius 3 is 2.62 bits per heavy atom. The van der Waals surface area contributed by atoms with Crippen LogP contribution in [0.4, 0.5) is 17.1 Å². The highest BCUT2D eigenvalue weighted by molar-refractivity contribution is 6.33. The third-order valence-electron chi connectivity index (χ3n) is 3.48. The van der Waals surface area contributed by atoms with Gasteiger partial charge in [-0.1, -0.05) is 23.2 Å². The van der Waals surface area contributed by atoms with Crippen LogP contribution in [0.1, 0.15) is 5.56 Å². The van der Waals surface area contributed by atoms with Gasteiger partial charge in [0.25, 0.3) is 5.91 Å². The summed E-state index contributed by atoms with van der Waals surface area (Å²) >= 11 is 12.0. The molecule has 0 spiro atoms. The Morgan fingerprint density at radius 1 is 1.27 bits per heavy atom. The maximum Gasteiger partial charge on any atom is 0.267 e. The standard InChI is InChI=1S/C18H16Cl2N4O2/c1-10-5-16(17(26-2)7-13(10)19)23-9-11(8-21)18(25)24-12-3-4-15(22)14(20)6-12/h3-7,9,23H,22H2,1-2H3,(H,24,25)/b11-9-. The summed E-state index contributed by atoms with van der Waals surface area (Å²) in [6, 6.07) is 9.90. The van der Waals surface area contributed by atoms with Gasteiger partial charge in [0.15, 0.2) is 0 Å². The molecule has 2 aromatic carbocycles. The Hall–Kier alpha value is -2.88. The van der Waals surface area contributed by atoms with Gasteiger partial charge in [-0.2, -0.15) is 5.26 Å². The number of nitrogens with one attached hydrogen (secondary N) is 2. The molecular formula is C18H16Cl2N4O2. The van der Waals surface area contributed by atoms with Crippen LogP contribution in [0.15, 0.2) is 42.1 Å². The largest absolute Gasteiger partial charge is 0.495 e. The zero-order valence-corrected chi connectivity index (χ0v) is 15.6. The molecule has 1 amide bonds. The number of nitrogens with two attached hydrogens (primary N) is 1. The monoisotopic (exact) mass is 390 g/mol. The second kappa shape index (κ2) is 8.48. The molecule has 4 N–H and O–H groups in total. The number of hydrogen-bond acceptors (Lipinski definition) is 5. The highest BCUT2D eigenvalue weighted by Gasteiger charge is 2.12. The average molecular weight is 391 g/mol. The summed E-state index contributed by atoms with van der Waals surface area (Å²) in [6.07, 6.45) is 1.29. The number of benzene rings is 2. The van der Waals surface area contributed by atoms with Crippen molar-refractivity contribution in [2.75, 3.05) is 23.5 Å². The topological polar surface area (TPSA) is 100 Å². The number of anilines is 3. The lowest BCUT2D eigenvalue weighted by molar-refractivity contribution is -0.112. The van der Waals surface area contributed by atoms with Crippen LogP contribution in [0.5, 0.6) is 5.75 Å². The molecule has 0 saturated heterocycles. The number of methoxy groups -OCH3 is 1. The number of nitrogens with zero attached hydrogens (tertiary/aromatic N) is 1. The highest BCUT2D eigenvalue weighted by atomic mass is 35.5. The first-order chi connectivity index (χ1) is 12.3. The highest BCUT2D eigenvalue weighted by Crippen LogP contribution is 2.31. The molecule has 8 heteroatoms. The molecule has 0 bridgehead atoms. The van der Waals surface area contributed by atoms with Gasteiger partial charge in [0.2, 0.25) is 0 Å². The summed E-state index contributed by atoms with van der Waals surface area (Å²) in [7, 11) is 1.50. The Labute approximate surface area is 161 Å². The molecule has 0 heterocycles. The van der Waals surface area contributed by atoms with Gasteiger partial charge in [-0.3, -0.25) is 4.79 Å². The second-order valence-electron chi connectivity index (χ2n) is 5.31. The first-order valence-corrected chi connectivity index (χ1v) is 8.18. The fourth-order valence-corrected chi connectivity index (χ4v) is 2.38. The van der Waals surface area contributed by atoms with E-state index in [9.17, 15) is 10.1 Å². The molecule has 6 nitrogen and oxygen atoms in total. The quantitative estimate of drug-likeness (QED) is 0.400. The van der Waals surface area contributed by atoms with E-state index >= 15 is 0 Å². The van der Waals surface area contributed by atoms with Crippen molar-refractivity contribution in [2.45, 2.75) is 6.92 Å². The van der Waals surface area contributed by atoms with E-state index in [1.807, 2.05) is 13.0 Å². The van der Waals surface area contributed by atoms with E-state index in [0.29, 0.717) is 32.9 Å². The molecular weight excluding hydrogens is 375 g/mol. The summed E-state index contributed by atoms with van der Waals surface area (Å²) in [6.45, 7) is 1.83. The van der Waals surface area contributed by atoms with Crippen molar-refractivity contribution in [1.82, 2.24) is 0 Å². The molecule has 0 aromatic heterocycles. The number of nitrogen functional groups attached to an aromatic ring is 1. The first-order valence-electron chi connectivity index (χ1n) is 7.43. The molecule has 2 rings (SSSR count). The van der Waals surface area contributed by atoms with Crippen molar-refractivity contribution in [1.29, 1.82) is 5.26 Å².